The predicted octanol–water partition coefficient (Wildman–Crippen LogP) is 5.36. The topological polar surface area (TPSA) is 89.0 Å². The van der Waals surface area contributed by atoms with Crippen LogP contribution in [0.3, 0.4) is 0 Å². The van der Waals surface area contributed by atoms with Gasteiger partial charge in [0.05, 0.1) is 21.8 Å². The lowest BCUT2D eigenvalue weighted by Crippen LogP contribution is -2.25. The molecule has 0 atom stereocenters. The summed E-state index contributed by atoms with van der Waals surface area (Å²) in [5.41, 5.74) is -1.91. The Hall–Kier alpha value is -4.35. The number of nitro benzene ring substituents is 1. The highest BCUT2D eigenvalue weighted by molar-refractivity contribution is 6.32. The minimum atomic E-state index is -2.37. The summed E-state index contributed by atoms with van der Waals surface area (Å²) in [5, 5.41) is 14.9. The van der Waals surface area contributed by atoms with E-state index in [0.29, 0.717) is 0 Å². The molecule has 1 aromatic heterocycles. The summed E-state index contributed by atoms with van der Waals surface area (Å²) in [6, 6.07) is 8.53. The number of halogens is 5. The molecule has 33 heavy (non-hydrogen) atoms. The highest BCUT2D eigenvalue weighted by Gasteiger charge is 2.37. The first kappa shape index (κ1) is 21.9. The molecule has 3 aromatic rings. The van der Waals surface area contributed by atoms with Crippen molar-refractivity contribution < 1.29 is 36.1 Å². The number of anilines is 1. The minimum Gasteiger partial charge on any atom is -0.456 e. The Morgan fingerprint density at radius 1 is 0.970 bits per heavy atom. The Morgan fingerprint density at radius 3 is 2.21 bits per heavy atom. The lowest BCUT2D eigenvalue weighted by molar-refractivity contribution is -0.384. The smallest absolute Gasteiger partial charge is 0.280 e. The Balaban J connectivity index is 1.72. The van der Waals surface area contributed by atoms with Crippen LogP contribution in [-0.4, -0.2) is 16.5 Å². The first-order chi connectivity index (χ1) is 15.6. The van der Waals surface area contributed by atoms with Crippen LogP contribution in [0, 0.1) is 39.2 Å². The number of nitrogens with zero attached hydrogens (tertiary/aromatic N) is 3. The van der Waals surface area contributed by atoms with Crippen molar-refractivity contribution in [3.05, 3.63) is 86.9 Å². The fourth-order valence-electron chi connectivity index (χ4n) is 3.17. The number of furan rings is 1. The van der Waals surface area contributed by atoms with E-state index in [1.807, 2.05) is 0 Å². The Bertz CT molecular complexity index is 1370. The molecule has 1 aliphatic heterocycles. The third kappa shape index (κ3) is 3.54. The molecule has 0 bridgehead atoms. The summed E-state index contributed by atoms with van der Waals surface area (Å²) in [4.78, 5) is 23.3. The van der Waals surface area contributed by atoms with E-state index in [0.717, 1.165) is 6.08 Å². The average molecular weight is 463 g/mol. The zero-order valence-corrected chi connectivity index (χ0v) is 16.4. The van der Waals surface area contributed by atoms with Crippen molar-refractivity contribution in [2.75, 3.05) is 5.01 Å². The van der Waals surface area contributed by atoms with E-state index in [1.165, 1.54) is 37.3 Å². The molecule has 0 saturated heterocycles. The van der Waals surface area contributed by atoms with E-state index in [2.05, 4.69) is 5.10 Å². The quantitative estimate of drug-likeness (QED) is 0.130. The monoisotopic (exact) mass is 463 g/mol. The van der Waals surface area contributed by atoms with Gasteiger partial charge >= 0.3 is 0 Å². The number of para-hydroxylation sites is 1. The molecule has 4 rings (SSSR count). The summed E-state index contributed by atoms with van der Waals surface area (Å²) in [5.74, 6) is -12.3. The summed E-state index contributed by atoms with van der Waals surface area (Å²) in [6.07, 6.45) is 1.13. The van der Waals surface area contributed by atoms with Crippen LogP contribution in [0.25, 0.3) is 17.4 Å². The van der Waals surface area contributed by atoms with Gasteiger partial charge in [-0.05, 0) is 31.2 Å². The summed E-state index contributed by atoms with van der Waals surface area (Å²) in [6.45, 7) is 1.28. The van der Waals surface area contributed by atoms with Gasteiger partial charge in [-0.2, -0.15) is 10.1 Å². The Morgan fingerprint density at radius 2 is 1.58 bits per heavy atom. The normalized spacial score (nSPS) is 14.8. The predicted molar refractivity (Wildman–Crippen MR) is 106 cm³/mol. The molecule has 12 heteroatoms. The van der Waals surface area contributed by atoms with Crippen LogP contribution in [0.2, 0.25) is 0 Å². The maximum Gasteiger partial charge on any atom is 0.280 e. The van der Waals surface area contributed by atoms with Gasteiger partial charge in [0.2, 0.25) is 5.82 Å². The van der Waals surface area contributed by atoms with E-state index in [1.54, 1.807) is 6.07 Å². The molecule has 0 N–H and O–H groups in total. The maximum absolute atomic E-state index is 14.1. The Kier molecular flexibility index (Phi) is 5.28. The van der Waals surface area contributed by atoms with E-state index < -0.39 is 45.6 Å². The fourth-order valence-corrected chi connectivity index (χ4v) is 3.17. The third-order valence-corrected chi connectivity index (χ3v) is 4.74. The van der Waals surface area contributed by atoms with Gasteiger partial charge in [-0.1, -0.05) is 12.1 Å². The standard InChI is InChI=1S/C21H10F5N3O4/c1-9-12(8-10-6-7-14(33-10)11-4-2-3-5-13(11)29(31)32)21(30)28(27-9)20-18(25)16(23)15(22)17(24)19(20)26/h2-8H,1H3/b12-8-. The van der Waals surface area contributed by atoms with E-state index in [4.69, 9.17) is 4.42 Å². The highest BCUT2D eigenvalue weighted by atomic mass is 19.2. The summed E-state index contributed by atoms with van der Waals surface area (Å²) < 4.78 is 74.2. The van der Waals surface area contributed by atoms with E-state index in [-0.39, 0.29) is 39.1 Å². The second kappa shape index (κ2) is 7.97. The molecule has 2 heterocycles. The highest BCUT2D eigenvalue weighted by Crippen LogP contribution is 2.35. The number of nitro groups is 1. The van der Waals surface area contributed by atoms with Gasteiger partial charge in [0.15, 0.2) is 23.3 Å². The first-order valence-corrected chi connectivity index (χ1v) is 9.08. The summed E-state index contributed by atoms with van der Waals surface area (Å²) in [7, 11) is 0. The van der Waals surface area contributed by atoms with Crippen molar-refractivity contribution in [1.29, 1.82) is 0 Å². The van der Waals surface area contributed by atoms with Crippen LogP contribution in [-0.2, 0) is 4.79 Å². The largest absolute Gasteiger partial charge is 0.456 e. The van der Waals surface area contributed by atoms with Gasteiger partial charge in [-0.25, -0.2) is 22.0 Å². The van der Waals surface area contributed by atoms with Crippen LogP contribution < -0.4 is 5.01 Å². The lowest BCUT2D eigenvalue weighted by Gasteiger charge is -2.14. The first-order valence-electron chi connectivity index (χ1n) is 9.08. The van der Waals surface area contributed by atoms with Crippen LogP contribution in [0.5, 0.6) is 0 Å². The lowest BCUT2D eigenvalue weighted by atomic mass is 10.1. The van der Waals surface area contributed by atoms with Gasteiger partial charge in [0.1, 0.15) is 17.2 Å². The summed E-state index contributed by atoms with van der Waals surface area (Å²) >= 11 is 0. The van der Waals surface area contributed by atoms with Gasteiger partial charge < -0.3 is 4.42 Å². The molecule has 0 radical (unpaired) electrons. The molecule has 2 aromatic carbocycles. The van der Waals surface area contributed by atoms with Crippen molar-refractivity contribution >= 4 is 29.1 Å². The number of rotatable bonds is 4. The molecule has 168 valence electrons. The van der Waals surface area contributed by atoms with Crippen LogP contribution in [0.15, 0.2) is 51.5 Å². The van der Waals surface area contributed by atoms with Gasteiger partial charge in [-0.15, -0.1) is 0 Å². The van der Waals surface area contributed by atoms with Gasteiger partial charge in [0, 0.05) is 6.07 Å². The van der Waals surface area contributed by atoms with E-state index >= 15 is 0 Å². The molecule has 1 aliphatic rings. The van der Waals surface area contributed by atoms with Crippen molar-refractivity contribution in [3.63, 3.8) is 0 Å². The Labute approximate surface area is 181 Å². The molecule has 7 nitrogen and oxygen atoms in total. The molecule has 1 amide bonds. The minimum absolute atomic E-state index is 0.0281. The number of hydrogen-bond donors (Lipinski definition) is 0. The number of benzene rings is 2. The van der Waals surface area contributed by atoms with Gasteiger partial charge in [0.25, 0.3) is 11.6 Å². The number of hydrogen-bond acceptors (Lipinski definition) is 5. The average Bonchev–Trinajstić information content (AvgIpc) is 3.37. The third-order valence-electron chi connectivity index (χ3n) is 4.74. The molecule has 0 fully saturated rings. The zero-order chi connectivity index (χ0) is 24.0. The van der Waals surface area contributed by atoms with Crippen LogP contribution in [0.1, 0.15) is 12.7 Å². The van der Waals surface area contributed by atoms with Crippen molar-refractivity contribution in [2.45, 2.75) is 6.92 Å². The van der Waals surface area contributed by atoms with Crippen LogP contribution >= 0.6 is 0 Å². The van der Waals surface area contributed by atoms with E-state index in [9.17, 15) is 36.9 Å². The molecule has 0 saturated carbocycles. The fraction of sp³-hybridized carbons (Fsp3) is 0.0476. The number of amides is 1. The molecular formula is C21H10F5N3O4. The molecule has 0 aliphatic carbocycles. The maximum atomic E-state index is 14.1. The molecular weight excluding hydrogens is 453 g/mol. The van der Waals surface area contributed by atoms with Crippen molar-refractivity contribution in [2.24, 2.45) is 5.10 Å². The van der Waals surface area contributed by atoms with Crippen molar-refractivity contribution in [1.82, 2.24) is 0 Å². The van der Waals surface area contributed by atoms with Crippen LogP contribution in [0.4, 0.5) is 33.3 Å². The SMILES string of the molecule is CC1=NN(c2c(F)c(F)c(F)c(F)c2F)C(=O)/C1=C\c1ccc(-c2ccccc2[N+](=O)[O-])o1. The zero-order valence-electron chi connectivity index (χ0n) is 16.4. The number of hydrazone groups is 1. The number of carbonyl (C=O) groups is 1. The van der Waals surface area contributed by atoms with Gasteiger partial charge in [-0.3, -0.25) is 14.9 Å². The molecule has 0 spiro atoms. The number of carbonyl (C=O) groups excluding carboxylic acids is 1. The van der Waals surface area contributed by atoms with Crippen molar-refractivity contribution in [3.8, 4) is 11.3 Å². The second-order valence-corrected chi connectivity index (χ2v) is 6.76. The second-order valence-electron chi connectivity index (χ2n) is 6.76. The molecule has 0 unspecified atom stereocenters.